The van der Waals surface area contributed by atoms with Gasteiger partial charge in [-0.05, 0) is 44.0 Å². The molecule has 1 fully saturated rings. The van der Waals surface area contributed by atoms with Crippen molar-refractivity contribution in [3.8, 4) is 0 Å². The highest BCUT2D eigenvalue weighted by Crippen LogP contribution is 2.33. The highest BCUT2D eigenvalue weighted by Gasteiger charge is 2.35. The average molecular weight is 387 g/mol. The molecule has 9 heteroatoms. The lowest BCUT2D eigenvalue weighted by Gasteiger charge is -2.32. The summed E-state index contributed by atoms with van der Waals surface area (Å²) in [6.07, 6.45) is -2.90. The normalized spacial score (nSPS) is 19.8. The van der Waals surface area contributed by atoms with Gasteiger partial charge in [0, 0.05) is 13.1 Å². The molecule has 0 radical (unpaired) electrons. The minimum absolute atomic E-state index is 0. The molecule has 4 nitrogen and oxygen atoms in total. The smallest absolute Gasteiger partial charge is 0.319 e. The zero-order valence-corrected chi connectivity index (χ0v) is 15.0. The van der Waals surface area contributed by atoms with Crippen LogP contribution in [0.3, 0.4) is 0 Å². The van der Waals surface area contributed by atoms with E-state index in [2.05, 4.69) is 5.32 Å². The minimum atomic E-state index is -4.55. The predicted molar refractivity (Wildman–Crippen MR) is 89.5 cm³/mol. The van der Waals surface area contributed by atoms with E-state index in [1.807, 2.05) is 0 Å². The number of sulfonamides is 1. The summed E-state index contributed by atoms with van der Waals surface area (Å²) in [4.78, 5) is 0. The van der Waals surface area contributed by atoms with Crippen LogP contribution in [0, 0.1) is 5.92 Å². The van der Waals surface area contributed by atoms with Gasteiger partial charge in [0.25, 0.3) is 0 Å². The first kappa shape index (κ1) is 21.2. The maximum absolute atomic E-state index is 13.0. The molecule has 0 spiro atoms. The third kappa shape index (κ3) is 5.34. The van der Waals surface area contributed by atoms with Crippen molar-refractivity contribution in [2.45, 2.75) is 24.8 Å². The van der Waals surface area contributed by atoms with Gasteiger partial charge in [0.15, 0.2) is 0 Å². The average Bonchev–Trinajstić information content (AvgIpc) is 2.47. The summed E-state index contributed by atoms with van der Waals surface area (Å²) in [6.45, 7) is 1.43. The molecule has 0 saturated carbocycles. The molecule has 0 bridgehead atoms. The first-order chi connectivity index (χ1) is 10.7. The standard InChI is InChI=1S/C15H21F3N2O2S.ClH/c1-19-9-12-5-4-8-20(10-12)23(21,22)11-13-6-2-3-7-14(13)15(16,17)18;/h2-3,6-7,12,19H,4-5,8-11H2,1H3;1H. The van der Waals surface area contributed by atoms with Crippen LogP contribution in [0.1, 0.15) is 24.0 Å². The lowest BCUT2D eigenvalue weighted by atomic mass is 10.00. The Kier molecular flexibility index (Phi) is 7.52. The fourth-order valence-electron chi connectivity index (χ4n) is 2.95. The van der Waals surface area contributed by atoms with E-state index in [1.165, 1.54) is 22.5 Å². The number of nitrogens with one attached hydrogen (secondary N) is 1. The first-order valence-electron chi connectivity index (χ1n) is 7.51. The van der Waals surface area contributed by atoms with Crippen LogP contribution in [0.25, 0.3) is 0 Å². The van der Waals surface area contributed by atoms with Gasteiger partial charge in [-0.3, -0.25) is 0 Å². The highest BCUT2D eigenvalue weighted by atomic mass is 35.5. The van der Waals surface area contributed by atoms with E-state index < -0.39 is 27.5 Å². The van der Waals surface area contributed by atoms with Crippen LogP contribution < -0.4 is 5.32 Å². The van der Waals surface area contributed by atoms with E-state index in [4.69, 9.17) is 0 Å². The maximum Gasteiger partial charge on any atom is 0.416 e. The summed E-state index contributed by atoms with van der Waals surface area (Å²) in [7, 11) is -1.97. The molecule has 0 amide bonds. The van der Waals surface area contributed by atoms with Crippen LogP contribution in [0.4, 0.5) is 13.2 Å². The van der Waals surface area contributed by atoms with Gasteiger partial charge in [-0.2, -0.15) is 13.2 Å². The Bertz CT molecular complexity index is 636. The number of rotatable bonds is 5. The molecule has 1 atom stereocenters. The summed E-state index contributed by atoms with van der Waals surface area (Å²) in [6, 6.07) is 4.85. The van der Waals surface area contributed by atoms with Crippen LogP contribution in [0.5, 0.6) is 0 Å². The van der Waals surface area contributed by atoms with Crippen LogP contribution in [0.15, 0.2) is 24.3 Å². The van der Waals surface area contributed by atoms with Crippen LogP contribution in [-0.4, -0.2) is 39.4 Å². The molecular formula is C15H22ClF3N2O2S. The molecule has 1 unspecified atom stereocenters. The molecule has 1 aliphatic heterocycles. The summed E-state index contributed by atoms with van der Waals surface area (Å²) < 4.78 is 65.4. The summed E-state index contributed by atoms with van der Waals surface area (Å²) in [5.41, 5.74) is -1.08. The van der Waals surface area contributed by atoms with Gasteiger partial charge < -0.3 is 5.32 Å². The Hall–Kier alpha value is -0.830. The molecule has 1 heterocycles. The van der Waals surface area contributed by atoms with E-state index in [0.29, 0.717) is 19.6 Å². The van der Waals surface area contributed by atoms with E-state index in [0.717, 1.165) is 18.9 Å². The van der Waals surface area contributed by atoms with Gasteiger partial charge in [0.05, 0.1) is 11.3 Å². The van der Waals surface area contributed by atoms with Crippen molar-refractivity contribution in [1.82, 2.24) is 9.62 Å². The highest BCUT2D eigenvalue weighted by molar-refractivity contribution is 7.88. The molecule has 1 aromatic rings. The first-order valence-corrected chi connectivity index (χ1v) is 9.12. The molecule has 1 aromatic carbocycles. The van der Waals surface area contributed by atoms with Crippen LogP contribution >= 0.6 is 12.4 Å². The minimum Gasteiger partial charge on any atom is -0.319 e. The topological polar surface area (TPSA) is 49.4 Å². The van der Waals surface area contributed by atoms with Crippen molar-refractivity contribution in [1.29, 1.82) is 0 Å². The largest absolute Gasteiger partial charge is 0.416 e. The molecular weight excluding hydrogens is 365 g/mol. The Labute approximate surface area is 146 Å². The van der Waals surface area contributed by atoms with Crippen LogP contribution in [-0.2, 0) is 22.0 Å². The predicted octanol–water partition coefficient (Wildman–Crippen LogP) is 2.89. The number of hydrogen-bond acceptors (Lipinski definition) is 3. The van der Waals surface area contributed by atoms with Crippen LogP contribution in [0.2, 0.25) is 0 Å². The maximum atomic E-state index is 13.0. The number of nitrogens with zero attached hydrogens (tertiary/aromatic N) is 1. The molecule has 0 aromatic heterocycles. The van der Waals surface area contributed by atoms with Gasteiger partial charge in [-0.15, -0.1) is 12.4 Å². The summed E-state index contributed by atoms with van der Waals surface area (Å²) in [5.74, 6) is -0.420. The Morgan fingerprint density at radius 3 is 2.58 bits per heavy atom. The monoisotopic (exact) mass is 386 g/mol. The van der Waals surface area contributed by atoms with Crippen molar-refractivity contribution in [3.63, 3.8) is 0 Å². The van der Waals surface area contributed by atoms with E-state index in [9.17, 15) is 21.6 Å². The number of hydrogen-bond donors (Lipinski definition) is 1. The van der Waals surface area contributed by atoms with E-state index in [1.54, 1.807) is 7.05 Å². The molecule has 0 aliphatic carbocycles. The molecule has 24 heavy (non-hydrogen) atoms. The molecule has 138 valence electrons. The summed E-state index contributed by atoms with van der Waals surface area (Å²) >= 11 is 0. The lowest BCUT2D eigenvalue weighted by Crippen LogP contribution is -2.43. The number of benzene rings is 1. The zero-order valence-electron chi connectivity index (χ0n) is 13.3. The second-order valence-electron chi connectivity index (χ2n) is 5.84. The Morgan fingerprint density at radius 2 is 1.96 bits per heavy atom. The fraction of sp³-hybridized carbons (Fsp3) is 0.600. The van der Waals surface area contributed by atoms with Gasteiger partial charge in [-0.25, -0.2) is 12.7 Å². The second kappa shape index (κ2) is 8.51. The van der Waals surface area contributed by atoms with Gasteiger partial charge in [0.2, 0.25) is 10.0 Å². The van der Waals surface area contributed by atoms with Crippen molar-refractivity contribution in [3.05, 3.63) is 35.4 Å². The van der Waals surface area contributed by atoms with Crippen molar-refractivity contribution in [2.75, 3.05) is 26.7 Å². The third-order valence-corrected chi connectivity index (χ3v) is 5.82. The lowest BCUT2D eigenvalue weighted by molar-refractivity contribution is -0.138. The summed E-state index contributed by atoms with van der Waals surface area (Å²) in [5, 5.41) is 3.02. The Morgan fingerprint density at radius 1 is 1.29 bits per heavy atom. The SMILES string of the molecule is CNCC1CCCN(S(=O)(=O)Cc2ccccc2C(F)(F)F)C1.Cl. The fourth-order valence-corrected chi connectivity index (χ4v) is 4.62. The third-order valence-electron chi connectivity index (χ3n) is 4.03. The molecule has 2 rings (SSSR count). The number of alkyl halides is 3. The zero-order chi connectivity index (χ0) is 17.1. The number of halogens is 4. The van der Waals surface area contributed by atoms with Gasteiger partial charge in [-0.1, -0.05) is 18.2 Å². The quantitative estimate of drug-likeness (QED) is 0.846. The van der Waals surface area contributed by atoms with Crippen molar-refractivity contribution >= 4 is 22.4 Å². The van der Waals surface area contributed by atoms with E-state index in [-0.39, 0.29) is 23.9 Å². The molecule has 1 aliphatic rings. The van der Waals surface area contributed by atoms with Gasteiger partial charge >= 0.3 is 6.18 Å². The molecule has 1 saturated heterocycles. The second-order valence-corrected chi connectivity index (χ2v) is 7.80. The van der Waals surface area contributed by atoms with E-state index >= 15 is 0 Å². The Balaban J connectivity index is 0.00000288. The van der Waals surface area contributed by atoms with Crippen molar-refractivity contribution in [2.24, 2.45) is 5.92 Å². The van der Waals surface area contributed by atoms with Gasteiger partial charge in [0.1, 0.15) is 0 Å². The van der Waals surface area contributed by atoms with Crippen molar-refractivity contribution < 1.29 is 21.6 Å². The molecule has 1 N–H and O–H groups in total. The number of piperidine rings is 1.